The Morgan fingerprint density at radius 2 is 2.16 bits per heavy atom. The van der Waals surface area contributed by atoms with Crippen LogP contribution in [0, 0.1) is 0 Å². The maximum Gasteiger partial charge on any atom is 0.306 e. The van der Waals surface area contributed by atoms with Crippen molar-refractivity contribution in [1.29, 1.82) is 0 Å². The molecule has 158 valence electrons. The molecule has 1 aromatic carbocycles. The van der Waals surface area contributed by atoms with Crippen molar-refractivity contribution in [1.82, 2.24) is 20.1 Å². The number of carbonyl (C=O) groups is 1. The van der Waals surface area contributed by atoms with Crippen molar-refractivity contribution in [2.45, 2.75) is 25.2 Å². The van der Waals surface area contributed by atoms with Crippen LogP contribution in [0.4, 0.5) is 0 Å². The summed E-state index contributed by atoms with van der Waals surface area (Å²) in [7, 11) is 2.93. The lowest BCUT2D eigenvalue weighted by molar-refractivity contribution is -0.141. The van der Waals surface area contributed by atoms with Gasteiger partial charge in [0.2, 0.25) is 11.7 Å². The molecule has 1 aliphatic rings. The molecule has 0 bridgehead atoms. The number of pyridine rings is 1. The summed E-state index contributed by atoms with van der Waals surface area (Å²) in [6.45, 7) is 0. The van der Waals surface area contributed by atoms with Crippen LogP contribution in [0.25, 0.3) is 33.7 Å². The van der Waals surface area contributed by atoms with Crippen molar-refractivity contribution >= 4 is 28.5 Å². The van der Waals surface area contributed by atoms with E-state index in [4.69, 9.17) is 25.6 Å². The van der Waals surface area contributed by atoms with Gasteiger partial charge in [-0.3, -0.25) is 4.79 Å². The van der Waals surface area contributed by atoms with Gasteiger partial charge < -0.3 is 19.0 Å². The number of H-pyrrole nitrogens is 1. The molecule has 0 amide bonds. The molecule has 0 radical (unpaired) electrons. The van der Waals surface area contributed by atoms with Crippen molar-refractivity contribution in [2.24, 2.45) is 0 Å². The highest BCUT2D eigenvalue weighted by Gasteiger charge is 2.29. The largest absolute Gasteiger partial charge is 0.480 e. The van der Waals surface area contributed by atoms with E-state index in [0.717, 1.165) is 35.0 Å². The average molecular weight is 439 g/mol. The summed E-state index contributed by atoms with van der Waals surface area (Å²) in [5, 5.41) is 5.60. The van der Waals surface area contributed by atoms with Crippen LogP contribution in [0.2, 0.25) is 5.02 Å². The molecular weight excluding hydrogens is 420 g/mol. The molecule has 4 aromatic rings. The summed E-state index contributed by atoms with van der Waals surface area (Å²) in [6.07, 6.45) is 3.80. The minimum Gasteiger partial charge on any atom is -0.480 e. The molecule has 9 heteroatoms. The van der Waals surface area contributed by atoms with Crippen LogP contribution in [-0.4, -0.2) is 40.3 Å². The monoisotopic (exact) mass is 438 g/mol. The minimum atomic E-state index is -0.190. The molecule has 0 fully saturated rings. The fraction of sp³-hybridized carbons (Fsp3) is 0.273. The van der Waals surface area contributed by atoms with E-state index in [2.05, 4.69) is 26.2 Å². The predicted molar refractivity (Wildman–Crippen MR) is 114 cm³/mol. The summed E-state index contributed by atoms with van der Waals surface area (Å²) in [5.74, 6) is 1.10. The van der Waals surface area contributed by atoms with E-state index in [9.17, 15) is 4.79 Å². The van der Waals surface area contributed by atoms with Gasteiger partial charge in [0.15, 0.2) is 0 Å². The number of nitrogens with zero attached hydrogens (tertiary/aromatic N) is 3. The van der Waals surface area contributed by atoms with Gasteiger partial charge in [0.25, 0.3) is 5.89 Å². The molecule has 0 spiro atoms. The number of fused-ring (bicyclic) bond motifs is 3. The summed E-state index contributed by atoms with van der Waals surface area (Å²) in [4.78, 5) is 23.9. The van der Waals surface area contributed by atoms with Crippen molar-refractivity contribution in [2.75, 3.05) is 14.2 Å². The number of ether oxygens (including phenoxy) is 2. The second-order valence-corrected chi connectivity index (χ2v) is 7.84. The van der Waals surface area contributed by atoms with E-state index in [0.29, 0.717) is 34.6 Å². The van der Waals surface area contributed by atoms with E-state index in [1.54, 1.807) is 12.3 Å². The molecule has 31 heavy (non-hydrogen) atoms. The van der Waals surface area contributed by atoms with E-state index in [1.807, 2.05) is 12.1 Å². The second kappa shape index (κ2) is 7.70. The number of halogens is 1. The zero-order valence-electron chi connectivity index (χ0n) is 16.9. The zero-order valence-corrected chi connectivity index (χ0v) is 17.7. The molecule has 1 unspecified atom stereocenters. The summed E-state index contributed by atoms with van der Waals surface area (Å²) < 4.78 is 15.3. The summed E-state index contributed by atoms with van der Waals surface area (Å²) in [6, 6.07) is 7.67. The van der Waals surface area contributed by atoms with E-state index in [-0.39, 0.29) is 11.9 Å². The number of aromatic amines is 1. The lowest BCUT2D eigenvalue weighted by atomic mass is 10.0. The maximum absolute atomic E-state index is 11.7. The molecule has 1 atom stereocenters. The Morgan fingerprint density at radius 3 is 2.94 bits per heavy atom. The molecule has 3 heterocycles. The smallest absolute Gasteiger partial charge is 0.306 e. The number of aromatic nitrogens is 4. The first kappa shape index (κ1) is 19.6. The number of rotatable bonds is 5. The number of aryl methyl sites for hydroxylation is 1. The van der Waals surface area contributed by atoms with Gasteiger partial charge in [-0.25, -0.2) is 4.98 Å². The van der Waals surface area contributed by atoms with Crippen LogP contribution < -0.4 is 4.74 Å². The molecule has 5 rings (SSSR count). The quantitative estimate of drug-likeness (QED) is 0.456. The molecule has 1 aliphatic carbocycles. The number of esters is 1. The van der Waals surface area contributed by atoms with E-state index >= 15 is 0 Å². The van der Waals surface area contributed by atoms with Crippen molar-refractivity contribution < 1.29 is 18.8 Å². The van der Waals surface area contributed by atoms with Crippen LogP contribution in [0.5, 0.6) is 5.88 Å². The third kappa shape index (κ3) is 3.42. The average Bonchev–Trinajstić information content (AvgIpc) is 3.49. The van der Waals surface area contributed by atoms with E-state index < -0.39 is 0 Å². The minimum absolute atomic E-state index is 0.155. The topological polar surface area (TPSA) is 103 Å². The van der Waals surface area contributed by atoms with Crippen LogP contribution in [0.3, 0.4) is 0 Å². The van der Waals surface area contributed by atoms with Gasteiger partial charge in [0, 0.05) is 34.3 Å². The molecule has 0 saturated carbocycles. The molecule has 0 saturated heterocycles. The Kier molecular flexibility index (Phi) is 4.86. The fourth-order valence-electron chi connectivity index (χ4n) is 4.13. The van der Waals surface area contributed by atoms with Crippen LogP contribution in [0.1, 0.15) is 30.0 Å². The zero-order chi connectivity index (χ0) is 21.5. The maximum atomic E-state index is 11.7. The Morgan fingerprint density at radius 1 is 1.29 bits per heavy atom. The Labute approximate surface area is 182 Å². The molecular formula is C22H19ClN4O4. The number of methoxy groups -OCH3 is 2. The number of nitrogens with one attached hydrogen (secondary N) is 1. The third-order valence-electron chi connectivity index (χ3n) is 5.66. The predicted octanol–water partition coefficient (Wildman–Crippen LogP) is 4.53. The van der Waals surface area contributed by atoms with Crippen LogP contribution >= 0.6 is 11.6 Å². The molecule has 1 N–H and O–H groups in total. The number of benzene rings is 1. The van der Waals surface area contributed by atoms with Gasteiger partial charge in [-0.2, -0.15) is 4.98 Å². The normalized spacial score (nSPS) is 15.3. The standard InChI is InChI=1S/C22H19ClN4O4/c1-29-18(28)9-11-3-5-14-15-7-12(4-6-17(15)25-19(11)14)20-26-21(31-27-20)13-8-16(23)22(30-2)24-10-13/h4,6-8,10-11,25H,3,5,9H2,1-2H3. The SMILES string of the molecule is COC(=O)CC1CCc2c1[nH]c1ccc(-c3noc(-c4cnc(OC)c(Cl)c4)n3)cc21. The Bertz CT molecular complexity index is 1300. The number of hydrogen-bond acceptors (Lipinski definition) is 7. The van der Waals surface area contributed by atoms with Gasteiger partial charge in [0.05, 0.1) is 26.2 Å². The van der Waals surface area contributed by atoms with Gasteiger partial charge in [-0.15, -0.1) is 0 Å². The summed E-state index contributed by atoms with van der Waals surface area (Å²) in [5.41, 5.74) is 4.83. The number of carbonyl (C=O) groups excluding carboxylic acids is 1. The van der Waals surface area contributed by atoms with Crippen molar-refractivity contribution in [3.8, 4) is 28.7 Å². The molecule has 0 aliphatic heterocycles. The fourth-order valence-corrected chi connectivity index (χ4v) is 4.37. The van der Waals surface area contributed by atoms with Gasteiger partial charge in [0.1, 0.15) is 5.02 Å². The van der Waals surface area contributed by atoms with Crippen LogP contribution in [-0.2, 0) is 16.0 Å². The van der Waals surface area contributed by atoms with E-state index in [1.165, 1.54) is 19.8 Å². The first-order chi connectivity index (χ1) is 15.1. The molecule has 3 aromatic heterocycles. The first-order valence-corrected chi connectivity index (χ1v) is 10.2. The lowest BCUT2D eigenvalue weighted by Gasteiger charge is -2.07. The highest BCUT2D eigenvalue weighted by Crippen LogP contribution is 2.40. The van der Waals surface area contributed by atoms with Gasteiger partial charge >= 0.3 is 5.97 Å². The van der Waals surface area contributed by atoms with Crippen LogP contribution in [0.15, 0.2) is 35.0 Å². The Balaban J connectivity index is 1.47. The van der Waals surface area contributed by atoms with Gasteiger partial charge in [-0.05, 0) is 42.7 Å². The van der Waals surface area contributed by atoms with Gasteiger partial charge in [-0.1, -0.05) is 16.8 Å². The van der Waals surface area contributed by atoms with Crippen molar-refractivity contribution in [3.05, 3.63) is 46.7 Å². The third-order valence-corrected chi connectivity index (χ3v) is 5.93. The highest BCUT2D eigenvalue weighted by molar-refractivity contribution is 6.32. The highest BCUT2D eigenvalue weighted by atomic mass is 35.5. The van der Waals surface area contributed by atoms with Crippen molar-refractivity contribution in [3.63, 3.8) is 0 Å². The number of hydrogen-bond donors (Lipinski definition) is 1. The Hall–Kier alpha value is -3.39. The first-order valence-electron chi connectivity index (χ1n) is 9.82. The molecule has 8 nitrogen and oxygen atoms in total. The lowest BCUT2D eigenvalue weighted by Crippen LogP contribution is -2.06. The second-order valence-electron chi connectivity index (χ2n) is 7.43. The summed E-state index contributed by atoms with van der Waals surface area (Å²) >= 11 is 6.15.